The van der Waals surface area contributed by atoms with Gasteiger partial charge in [0.15, 0.2) is 0 Å². The molecule has 1 heterocycles. The minimum absolute atomic E-state index is 0.182. The van der Waals surface area contributed by atoms with Crippen LogP contribution in [0, 0.1) is 5.92 Å². The Kier molecular flexibility index (Phi) is 5.22. The number of carbonyl (C=O) groups excluding carboxylic acids is 1. The van der Waals surface area contributed by atoms with Gasteiger partial charge in [-0.25, -0.2) is 0 Å². The number of piperidine rings is 1. The summed E-state index contributed by atoms with van der Waals surface area (Å²) in [5.74, 6) is 0.0367. The molecule has 4 nitrogen and oxygen atoms in total. The molecule has 1 rings (SSSR count). The second-order valence-electron chi connectivity index (χ2n) is 5.00. The lowest BCUT2D eigenvalue weighted by Crippen LogP contribution is -2.52. The largest absolute Gasteiger partial charge is 0.368 e. The Labute approximate surface area is 98.6 Å². The molecule has 16 heavy (non-hydrogen) atoms. The monoisotopic (exact) mass is 227 g/mol. The highest BCUT2D eigenvalue weighted by atomic mass is 16.1. The van der Waals surface area contributed by atoms with Crippen LogP contribution in [0.25, 0.3) is 0 Å². The maximum Gasteiger partial charge on any atom is 0.234 e. The Morgan fingerprint density at radius 2 is 2.00 bits per heavy atom. The number of nitrogens with one attached hydrogen (secondary N) is 1. The van der Waals surface area contributed by atoms with E-state index >= 15 is 0 Å². The Morgan fingerprint density at radius 1 is 1.44 bits per heavy atom. The van der Waals surface area contributed by atoms with E-state index in [0.717, 1.165) is 32.5 Å². The Balaban J connectivity index is 2.39. The smallest absolute Gasteiger partial charge is 0.234 e. The van der Waals surface area contributed by atoms with Crippen LogP contribution in [-0.2, 0) is 4.79 Å². The van der Waals surface area contributed by atoms with Crippen molar-refractivity contribution in [2.24, 2.45) is 11.7 Å². The molecule has 0 aromatic rings. The van der Waals surface area contributed by atoms with Gasteiger partial charge in [0.25, 0.3) is 0 Å². The molecular formula is C12H25N3O. The minimum atomic E-state index is -0.229. The van der Waals surface area contributed by atoms with Gasteiger partial charge in [0.05, 0.1) is 6.04 Å². The zero-order valence-electron chi connectivity index (χ0n) is 10.7. The zero-order chi connectivity index (χ0) is 12.1. The van der Waals surface area contributed by atoms with E-state index in [9.17, 15) is 4.79 Å². The third kappa shape index (κ3) is 3.76. The molecule has 0 bridgehead atoms. The second-order valence-corrected chi connectivity index (χ2v) is 5.00. The molecule has 94 valence electrons. The fraction of sp³-hybridized carbons (Fsp3) is 0.917. The number of rotatable bonds is 5. The van der Waals surface area contributed by atoms with Gasteiger partial charge in [0.2, 0.25) is 5.91 Å². The van der Waals surface area contributed by atoms with Crippen molar-refractivity contribution < 1.29 is 4.79 Å². The van der Waals surface area contributed by atoms with Crippen LogP contribution >= 0.6 is 0 Å². The Bertz CT molecular complexity index is 222. The number of hydrogen-bond acceptors (Lipinski definition) is 3. The topological polar surface area (TPSA) is 58.4 Å². The molecule has 1 aliphatic rings. The lowest BCUT2D eigenvalue weighted by Gasteiger charge is -2.34. The molecule has 1 amide bonds. The fourth-order valence-corrected chi connectivity index (χ4v) is 2.27. The number of hydrogen-bond donors (Lipinski definition) is 2. The average Bonchev–Trinajstić information content (AvgIpc) is 2.25. The van der Waals surface area contributed by atoms with E-state index in [2.05, 4.69) is 17.1 Å². The second kappa shape index (κ2) is 6.21. The standard InChI is InChI=1S/C12H25N3O/c1-4-15-7-5-10(6-8-15)14-11(9(2)3)12(13)16/h9-11,14H,4-8H2,1-3H3,(H2,13,16). The van der Waals surface area contributed by atoms with Crippen molar-refractivity contribution in [3.63, 3.8) is 0 Å². The van der Waals surface area contributed by atoms with Crippen LogP contribution in [-0.4, -0.2) is 42.5 Å². The van der Waals surface area contributed by atoms with Gasteiger partial charge < -0.3 is 16.0 Å². The predicted molar refractivity (Wildman–Crippen MR) is 66.1 cm³/mol. The van der Waals surface area contributed by atoms with Crippen molar-refractivity contribution >= 4 is 5.91 Å². The van der Waals surface area contributed by atoms with Gasteiger partial charge in [-0.3, -0.25) is 4.79 Å². The number of carbonyl (C=O) groups is 1. The SMILES string of the molecule is CCN1CCC(NC(C(N)=O)C(C)C)CC1. The highest BCUT2D eigenvalue weighted by molar-refractivity contribution is 5.80. The maximum atomic E-state index is 11.3. The summed E-state index contributed by atoms with van der Waals surface area (Å²) in [5.41, 5.74) is 5.40. The molecule has 0 aromatic carbocycles. The Morgan fingerprint density at radius 3 is 2.38 bits per heavy atom. The number of nitrogens with zero attached hydrogens (tertiary/aromatic N) is 1. The van der Waals surface area contributed by atoms with Crippen LogP contribution in [0.3, 0.4) is 0 Å². The van der Waals surface area contributed by atoms with Crippen molar-refractivity contribution in [2.75, 3.05) is 19.6 Å². The quantitative estimate of drug-likeness (QED) is 0.722. The molecule has 0 spiro atoms. The molecular weight excluding hydrogens is 202 g/mol. The molecule has 0 aliphatic carbocycles. The molecule has 4 heteroatoms. The minimum Gasteiger partial charge on any atom is -0.368 e. The molecule has 0 radical (unpaired) electrons. The van der Waals surface area contributed by atoms with Gasteiger partial charge in [0.1, 0.15) is 0 Å². The van der Waals surface area contributed by atoms with E-state index < -0.39 is 0 Å². The summed E-state index contributed by atoms with van der Waals surface area (Å²) in [4.78, 5) is 13.7. The van der Waals surface area contributed by atoms with Gasteiger partial charge in [-0.15, -0.1) is 0 Å². The zero-order valence-corrected chi connectivity index (χ0v) is 10.7. The number of primary amides is 1. The van der Waals surface area contributed by atoms with Crippen molar-refractivity contribution in [1.29, 1.82) is 0 Å². The summed E-state index contributed by atoms with van der Waals surface area (Å²) >= 11 is 0. The first-order chi connectivity index (χ1) is 7.54. The van der Waals surface area contributed by atoms with Gasteiger partial charge in [-0.1, -0.05) is 20.8 Å². The van der Waals surface area contributed by atoms with Crippen molar-refractivity contribution in [3.8, 4) is 0 Å². The van der Waals surface area contributed by atoms with Crippen molar-refractivity contribution in [3.05, 3.63) is 0 Å². The molecule has 1 fully saturated rings. The first-order valence-corrected chi connectivity index (χ1v) is 6.32. The first kappa shape index (κ1) is 13.5. The molecule has 0 aromatic heterocycles. The maximum absolute atomic E-state index is 11.3. The molecule has 1 atom stereocenters. The van der Waals surface area contributed by atoms with Crippen molar-refractivity contribution in [1.82, 2.24) is 10.2 Å². The van der Waals surface area contributed by atoms with E-state index in [1.807, 2.05) is 13.8 Å². The van der Waals surface area contributed by atoms with Crippen LogP contribution in [0.5, 0.6) is 0 Å². The molecule has 0 saturated carbocycles. The van der Waals surface area contributed by atoms with E-state index in [1.54, 1.807) is 0 Å². The number of nitrogens with two attached hydrogens (primary N) is 1. The first-order valence-electron chi connectivity index (χ1n) is 6.32. The lowest BCUT2D eigenvalue weighted by atomic mass is 9.99. The third-order valence-corrected chi connectivity index (χ3v) is 3.42. The lowest BCUT2D eigenvalue weighted by molar-refractivity contribution is -0.121. The normalized spacial score (nSPS) is 21.2. The van der Waals surface area contributed by atoms with Gasteiger partial charge in [-0.05, 0) is 38.4 Å². The summed E-state index contributed by atoms with van der Waals surface area (Å²) < 4.78 is 0. The van der Waals surface area contributed by atoms with Crippen LogP contribution in [0.15, 0.2) is 0 Å². The van der Waals surface area contributed by atoms with E-state index in [0.29, 0.717) is 6.04 Å². The van der Waals surface area contributed by atoms with Crippen LogP contribution < -0.4 is 11.1 Å². The third-order valence-electron chi connectivity index (χ3n) is 3.42. The summed E-state index contributed by atoms with van der Waals surface area (Å²) in [6, 6.07) is 0.265. The van der Waals surface area contributed by atoms with E-state index in [1.165, 1.54) is 0 Å². The van der Waals surface area contributed by atoms with Crippen molar-refractivity contribution in [2.45, 2.75) is 45.7 Å². The summed E-state index contributed by atoms with van der Waals surface area (Å²) in [7, 11) is 0. The predicted octanol–water partition coefficient (Wildman–Crippen LogP) is 0.570. The van der Waals surface area contributed by atoms with Gasteiger partial charge >= 0.3 is 0 Å². The molecule has 1 unspecified atom stereocenters. The van der Waals surface area contributed by atoms with Crippen LogP contribution in [0.2, 0.25) is 0 Å². The number of amides is 1. The number of likely N-dealkylation sites (tertiary alicyclic amines) is 1. The summed E-state index contributed by atoms with van der Waals surface area (Å²) in [6.45, 7) is 9.62. The summed E-state index contributed by atoms with van der Waals surface area (Å²) in [5, 5.41) is 3.40. The van der Waals surface area contributed by atoms with Gasteiger partial charge in [0, 0.05) is 6.04 Å². The van der Waals surface area contributed by atoms with E-state index in [-0.39, 0.29) is 17.9 Å². The summed E-state index contributed by atoms with van der Waals surface area (Å²) in [6.07, 6.45) is 2.23. The highest BCUT2D eigenvalue weighted by Gasteiger charge is 2.25. The highest BCUT2D eigenvalue weighted by Crippen LogP contribution is 2.12. The molecule has 1 aliphatic heterocycles. The average molecular weight is 227 g/mol. The molecule has 3 N–H and O–H groups in total. The van der Waals surface area contributed by atoms with E-state index in [4.69, 9.17) is 5.73 Å². The van der Waals surface area contributed by atoms with Crippen LogP contribution in [0.4, 0.5) is 0 Å². The Hall–Kier alpha value is -0.610. The molecule has 1 saturated heterocycles. The fourth-order valence-electron chi connectivity index (χ4n) is 2.27. The van der Waals surface area contributed by atoms with Gasteiger partial charge in [-0.2, -0.15) is 0 Å². The van der Waals surface area contributed by atoms with Crippen LogP contribution in [0.1, 0.15) is 33.6 Å².